The number of aryl methyl sites for hydroxylation is 2. The number of methoxy groups -OCH3 is 1. The van der Waals surface area contributed by atoms with Crippen LogP contribution in [-0.4, -0.2) is 12.2 Å². The van der Waals surface area contributed by atoms with Crippen LogP contribution >= 0.6 is 0 Å². The van der Waals surface area contributed by atoms with Crippen molar-refractivity contribution in [1.82, 2.24) is 0 Å². The molecule has 0 fully saturated rings. The van der Waals surface area contributed by atoms with Crippen LogP contribution in [-0.2, 0) is 0 Å². The zero-order valence-electron chi connectivity index (χ0n) is 12.2. The molecule has 2 rings (SSSR count). The van der Waals surface area contributed by atoms with Gasteiger partial charge in [-0.15, -0.1) is 0 Å². The Kier molecular flexibility index (Phi) is 4.58. The number of aliphatic hydroxyl groups is 1. The lowest BCUT2D eigenvalue weighted by atomic mass is 9.94. The van der Waals surface area contributed by atoms with Crippen LogP contribution in [0.15, 0.2) is 36.4 Å². The molecule has 0 aliphatic rings. The first kappa shape index (κ1) is 15.4. The molecule has 1 N–H and O–H groups in total. The Bertz CT molecular complexity index is 639. The van der Waals surface area contributed by atoms with E-state index in [0.717, 1.165) is 11.1 Å². The van der Waals surface area contributed by atoms with Gasteiger partial charge < -0.3 is 9.84 Å². The molecule has 0 spiro atoms. The first-order chi connectivity index (χ1) is 9.93. The molecule has 0 aliphatic carbocycles. The lowest BCUT2D eigenvalue weighted by molar-refractivity contribution is 0.150. The summed E-state index contributed by atoms with van der Waals surface area (Å²) in [6.45, 7) is 3.80. The second-order valence-corrected chi connectivity index (χ2v) is 5.07. The van der Waals surface area contributed by atoms with Crippen molar-refractivity contribution in [3.63, 3.8) is 0 Å². The summed E-state index contributed by atoms with van der Waals surface area (Å²) < 4.78 is 30.9. The molecule has 1 unspecified atom stereocenters. The normalized spacial score (nSPS) is 12.5. The Morgan fingerprint density at radius 2 is 1.71 bits per heavy atom. The van der Waals surface area contributed by atoms with E-state index >= 15 is 0 Å². The monoisotopic (exact) mass is 292 g/mol. The van der Waals surface area contributed by atoms with Crippen molar-refractivity contribution in [2.24, 2.45) is 0 Å². The van der Waals surface area contributed by atoms with Gasteiger partial charge >= 0.3 is 0 Å². The molecule has 21 heavy (non-hydrogen) atoms. The molecule has 2 nitrogen and oxygen atoms in total. The third kappa shape index (κ3) is 3.22. The molecule has 0 heterocycles. The molecule has 0 saturated carbocycles. The summed E-state index contributed by atoms with van der Waals surface area (Å²) >= 11 is 0. The minimum Gasteiger partial charge on any atom is -0.496 e. The molecule has 0 bridgehead atoms. The van der Waals surface area contributed by atoms with Crippen molar-refractivity contribution in [3.8, 4) is 5.75 Å². The summed E-state index contributed by atoms with van der Waals surface area (Å²) in [4.78, 5) is 0. The van der Waals surface area contributed by atoms with Crippen LogP contribution in [0, 0.1) is 13.8 Å². The molecule has 0 radical (unpaired) electrons. The standard InChI is InChI=1S/C17H18F2O2/c1-10-7-11(2)15(14(8-10)21-3)16(20)12-5-4-6-13(9-12)17(18)19/h4-9,16-17,20H,1-3H3. The number of hydrogen-bond acceptors (Lipinski definition) is 2. The van der Waals surface area contributed by atoms with Gasteiger partial charge in [0, 0.05) is 11.1 Å². The van der Waals surface area contributed by atoms with Crippen LogP contribution in [0.3, 0.4) is 0 Å². The Morgan fingerprint density at radius 1 is 1.05 bits per heavy atom. The first-order valence-corrected chi connectivity index (χ1v) is 6.65. The summed E-state index contributed by atoms with van der Waals surface area (Å²) in [5.41, 5.74) is 2.81. The average molecular weight is 292 g/mol. The third-order valence-electron chi connectivity index (χ3n) is 3.46. The number of halogens is 2. The van der Waals surface area contributed by atoms with Gasteiger partial charge in [0.2, 0.25) is 0 Å². The smallest absolute Gasteiger partial charge is 0.263 e. The lowest BCUT2D eigenvalue weighted by Crippen LogP contribution is -2.06. The molecule has 112 valence electrons. The van der Waals surface area contributed by atoms with E-state index in [1.165, 1.54) is 25.3 Å². The maximum atomic E-state index is 12.8. The van der Waals surface area contributed by atoms with Crippen LogP contribution in [0.4, 0.5) is 8.78 Å². The number of hydrogen-bond donors (Lipinski definition) is 1. The Balaban J connectivity index is 2.49. The van der Waals surface area contributed by atoms with Gasteiger partial charge in [-0.3, -0.25) is 0 Å². The van der Waals surface area contributed by atoms with Gasteiger partial charge in [-0.25, -0.2) is 8.78 Å². The minimum absolute atomic E-state index is 0.102. The van der Waals surface area contributed by atoms with E-state index in [4.69, 9.17) is 4.74 Å². The number of rotatable bonds is 4. The van der Waals surface area contributed by atoms with Crippen molar-refractivity contribution >= 4 is 0 Å². The van der Waals surface area contributed by atoms with Crippen LogP contribution in [0.5, 0.6) is 5.75 Å². The zero-order valence-corrected chi connectivity index (χ0v) is 12.2. The molecule has 2 aromatic rings. The molecule has 1 atom stereocenters. The predicted molar refractivity (Wildman–Crippen MR) is 77.9 cm³/mol. The molecular formula is C17H18F2O2. The number of aliphatic hydroxyl groups excluding tert-OH is 1. The topological polar surface area (TPSA) is 29.5 Å². The Hall–Kier alpha value is -1.94. The second-order valence-electron chi connectivity index (χ2n) is 5.07. The Morgan fingerprint density at radius 3 is 2.33 bits per heavy atom. The van der Waals surface area contributed by atoms with E-state index in [1.807, 2.05) is 26.0 Å². The highest BCUT2D eigenvalue weighted by Gasteiger charge is 2.20. The quantitative estimate of drug-likeness (QED) is 0.908. The average Bonchev–Trinajstić information content (AvgIpc) is 2.45. The van der Waals surface area contributed by atoms with Crippen LogP contribution in [0.25, 0.3) is 0 Å². The summed E-state index contributed by atoms with van der Waals surface area (Å²) in [6, 6.07) is 9.58. The largest absolute Gasteiger partial charge is 0.496 e. The highest BCUT2D eigenvalue weighted by atomic mass is 19.3. The van der Waals surface area contributed by atoms with Crippen LogP contribution in [0.1, 0.15) is 40.3 Å². The fourth-order valence-electron chi connectivity index (χ4n) is 2.49. The number of alkyl halides is 2. The van der Waals surface area contributed by atoms with E-state index < -0.39 is 12.5 Å². The van der Waals surface area contributed by atoms with E-state index in [1.54, 1.807) is 6.07 Å². The zero-order chi connectivity index (χ0) is 15.6. The van der Waals surface area contributed by atoms with Crippen molar-refractivity contribution < 1.29 is 18.6 Å². The van der Waals surface area contributed by atoms with Crippen molar-refractivity contribution in [2.75, 3.05) is 7.11 Å². The van der Waals surface area contributed by atoms with Gasteiger partial charge in [-0.05, 0) is 42.7 Å². The van der Waals surface area contributed by atoms with Gasteiger partial charge in [0.1, 0.15) is 11.9 Å². The van der Waals surface area contributed by atoms with Gasteiger partial charge in [-0.2, -0.15) is 0 Å². The lowest BCUT2D eigenvalue weighted by Gasteiger charge is -2.19. The van der Waals surface area contributed by atoms with Gasteiger partial charge in [0.15, 0.2) is 0 Å². The molecule has 0 amide bonds. The molecule has 0 aliphatic heterocycles. The fourth-order valence-corrected chi connectivity index (χ4v) is 2.49. The highest BCUT2D eigenvalue weighted by molar-refractivity contribution is 5.48. The third-order valence-corrected chi connectivity index (χ3v) is 3.46. The van der Waals surface area contributed by atoms with E-state index in [9.17, 15) is 13.9 Å². The maximum absolute atomic E-state index is 12.8. The number of benzene rings is 2. The van der Waals surface area contributed by atoms with Crippen molar-refractivity contribution in [2.45, 2.75) is 26.4 Å². The summed E-state index contributed by atoms with van der Waals surface area (Å²) in [5.74, 6) is 0.558. The van der Waals surface area contributed by atoms with Crippen molar-refractivity contribution in [3.05, 3.63) is 64.2 Å². The molecule has 0 saturated heterocycles. The minimum atomic E-state index is -2.56. The van der Waals surface area contributed by atoms with E-state index in [0.29, 0.717) is 16.9 Å². The SMILES string of the molecule is COc1cc(C)cc(C)c1C(O)c1cccc(C(F)F)c1. The molecule has 0 aromatic heterocycles. The summed E-state index contributed by atoms with van der Waals surface area (Å²) in [5, 5.41) is 10.6. The predicted octanol–water partition coefficient (Wildman–Crippen LogP) is 4.33. The second kappa shape index (κ2) is 6.22. The number of ether oxygens (including phenoxy) is 1. The van der Waals surface area contributed by atoms with Crippen LogP contribution in [0.2, 0.25) is 0 Å². The molecular weight excluding hydrogens is 274 g/mol. The summed E-state index contributed by atoms with van der Waals surface area (Å²) in [7, 11) is 1.53. The first-order valence-electron chi connectivity index (χ1n) is 6.65. The maximum Gasteiger partial charge on any atom is 0.263 e. The summed E-state index contributed by atoms with van der Waals surface area (Å²) in [6.07, 6.45) is -3.56. The Labute approximate surface area is 123 Å². The van der Waals surface area contributed by atoms with Gasteiger partial charge in [-0.1, -0.05) is 24.3 Å². The van der Waals surface area contributed by atoms with Gasteiger partial charge in [0.25, 0.3) is 6.43 Å². The highest BCUT2D eigenvalue weighted by Crippen LogP contribution is 2.34. The van der Waals surface area contributed by atoms with E-state index in [-0.39, 0.29) is 5.56 Å². The molecule has 2 aromatic carbocycles. The van der Waals surface area contributed by atoms with Crippen LogP contribution < -0.4 is 4.74 Å². The van der Waals surface area contributed by atoms with Crippen molar-refractivity contribution in [1.29, 1.82) is 0 Å². The fraction of sp³-hybridized carbons (Fsp3) is 0.294. The van der Waals surface area contributed by atoms with Gasteiger partial charge in [0.05, 0.1) is 7.11 Å². The van der Waals surface area contributed by atoms with E-state index in [2.05, 4.69) is 0 Å². The molecule has 4 heteroatoms.